The van der Waals surface area contributed by atoms with Crippen LogP contribution >= 0.6 is 0 Å². The van der Waals surface area contributed by atoms with Crippen LogP contribution in [0.4, 0.5) is 0 Å². The van der Waals surface area contributed by atoms with Gasteiger partial charge in [0.25, 0.3) is 0 Å². The van der Waals surface area contributed by atoms with E-state index in [0.717, 1.165) is 23.6 Å². The smallest absolute Gasteiger partial charge is 0.163 e. The van der Waals surface area contributed by atoms with Gasteiger partial charge in [0, 0.05) is 12.7 Å². The van der Waals surface area contributed by atoms with Gasteiger partial charge in [-0.05, 0) is 25.2 Å². The number of hydrogen-bond donors (Lipinski definition) is 1. The first-order chi connectivity index (χ1) is 8.35. The Hall–Kier alpha value is -1.94. The Morgan fingerprint density at radius 2 is 2.06 bits per heavy atom. The zero-order chi connectivity index (χ0) is 12.1. The lowest BCUT2D eigenvalue weighted by Gasteiger charge is -2.07. The highest BCUT2D eigenvalue weighted by molar-refractivity contribution is 5.63. The van der Waals surface area contributed by atoms with E-state index in [1.165, 1.54) is 0 Å². The Labute approximate surface area is 101 Å². The predicted octanol–water partition coefficient (Wildman–Crippen LogP) is 1.87. The van der Waals surface area contributed by atoms with Gasteiger partial charge in [-0.25, -0.2) is 9.97 Å². The van der Waals surface area contributed by atoms with Crippen LogP contribution in [0.5, 0.6) is 5.75 Å². The SMILES string of the molecule is CNCc1ccnc(-c2ccccc2OC)n1. The van der Waals surface area contributed by atoms with Gasteiger partial charge >= 0.3 is 0 Å². The minimum Gasteiger partial charge on any atom is -0.496 e. The molecule has 0 atom stereocenters. The summed E-state index contributed by atoms with van der Waals surface area (Å²) in [6.07, 6.45) is 1.77. The monoisotopic (exact) mass is 229 g/mol. The molecule has 1 heterocycles. The molecule has 0 aliphatic carbocycles. The third-order valence-corrected chi connectivity index (χ3v) is 2.42. The molecule has 0 spiro atoms. The Morgan fingerprint density at radius 1 is 1.24 bits per heavy atom. The summed E-state index contributed by atoms with van der Waals surface area (Å²) in [7, 11) is 3.54. The van der Waals surface area contributed by atoms with Crippen molar-refractivity contribution in [1.82, 2.24) is 15.3 Å². The van der Waals surface area contributed by atoms with Crippen LogP contribution in [-0.2, 0) is 6.54 Å². The van der Waals surface area contributed by atoms with E-state index in [0.29, 0.717) is 5.82 Å². The predicted molar refractivity (Wildman–Crippen MR) is 66.8 cm³/mol. The van der Waals surface area contributed by atoms with Gasteiger partial charge in [0.15, 0.2) is 5.82 Å². The number of methoxy groups -OCH3 is 1. The third-order valence-electron chi connectivity index (χ3n) is 2.42. The second-order valence-electron chi connectivity index (χ2n) is 3.60. The quantitative estimate of drug-likeness (QED) is 0.869. The molecule has 0 aliphatic rings. The molecule has 0 saturated heterocycles. The van der Waals surface area contributed by atoms with Gasteiger partial charge in [0.2, 0.25) is 0 Å². The highest BCUT2D eigenvalue weighted by Gasteiger charge is 2.07. The zero-order valence-corrected chi connectivity index (χ0v) is 9.97. The Balaban J connectivity index is 2.41. The van der Waals surface area contributed by atoms with E-state index in [1.54, 1.807) is 13.3 Å². The van der Waals surface area contributed by atoms with Gasteiger partial charge in [-0.15, -0.1) is 0 Å². The van der Waals surface area contributed by atoms with Crippen molar-refractivity contribution in [3.63, 3.8) is 0 Å². The first kappa shape index (κ1) is 11.5. The van der Waals surface area contributed by atoms with Crippen molar-refractivity contribution < 1.29 is 4.74 Å². The topological polar surface area (TPSA) is 47.0 Å². The van der Waals surface area contributed by atoms with Crippen LogP contribution in [0.3, 0.4) is 0 Å². The number of nitrogens with one attached hydrogen (secondary N) is 1. The molecule has 1 N–H and O–H groups in total. The fraction of sp³-hybridized carbons (Fsp3) is 0.231. The van der Waals surface area contributed by atoms with Gasteiger partial charge in [-0.1, -0.05) is 12.1 Å². The van der Waals surface area contributed by atoms with Gasteiger partial charge in [-0.3, -0.25) is 0 Å². The minimum atomic E-state index is 0.690. The molecule has 0 saturated carbocycles. The normalized spacial score (nSPS) is 10.2. The van der Waals surface area contributed by atoms with Gasteiger partial charge in [-0.2, -0.15) is 0 Å². The van der Waals surface area contributed by atoms with E-state index < -0.39 is 0 Å². The minimum absolute atomic E-state index is 0.690. The number of benzene rings is 1. The molecule has 0 unspecified atom stereocenters. The zero-order valence-electron chi connectivity index (χ0n) is 9.97. The van der Waals surface area contributed by atoms with E-state index in [4.69, 9.17) is 4.74 Å². The van der Waals surface area contributed by atoms with Crippen LogP contribution in [0.25, 0.3) is 11.4 Å². The van der Waals surface area contributed by atoms with E-state index in [2.05, 4.69) is 15.3 Å². The largest absolute Gasteiger partial charge is 0.496 e. The van der Waals surface area contributed by atoms with Crippen LogP contribution in [0.15, 0.2) is 36.5 Å². The van der Waals surface area contributed by atoms with Gasteiger partial charge < -0.3 is 10.1 Å². The van der Waals surface area contributed by atoms with Crippen molar-refractivity contribution >= 4 is 0 Å². The van der Waals surface area contributed by atoms with Crippen LogP contribution < -0.4 is 10.1 Å². The van der Waals surface area contributed by atoms with Crippen molar-refractivity contribution in [2.45, 2.75) is 6.54 Å². The first-order valence-corrected chi connectivity index (χ1v) is 5.45. The second-order valence-corrected chi connectivity index (χ2v) is 3.60. The fourth-order valence-electron chi connectivity index (χ4n) is 1.63. The summed E-state index contributed by atoms with van der Waals surface area (Å²) in [5.74, 6) is 1.48. The summed E-state index contributed by atoms with van der Waals surface area (Å²) in [5, 5.41) is 3.07. The Bertz CT molecular complexity index is 500. The molecule has 17 heavy (non-hydrogen) atoms. The molecular weight excluding hydrogens is 214 g/mol. The standard InChI is InChI=1S/C13H15N3O/c1-14-9-10-7-8-15-13(16-10)11-5-3-4-6-12(11)17-2/h3-8,14H,9H2,1-2H3. The van der Waals surface area contributed by atoms with E-state index in [1.807, 2.05) is 37.4 Å². The summed E-state index contributed by atoms with van der Waals surface area (Å²) in [5.41, 5.74) is 1.87. The molecule has 1 aromatic heterocycles. The first-order valence-electron chi connectivity index (χ1n) is 5.45. The molecule has 4 nitrogen and oxygen atoms in total. The lowest BCUT2D eigenvalue weighted by molar-refractivity contribution is 0.416. The van der Waals surface area contributed by atoms with Crippen molar-refractivity contribution in [2.75, 3.05) is 14.2 Å². The highest BCUT2D eigenvalue weighted by Crippen LogP contribution is 2.26. The summed E-state index contributed by atoms with van der Waals surface area (Å²) < 4.78 is 5.30. The van der Waals surface area contributed by atoms with Crippen LogP contribution in [0.1, 0.15) is 5.69 Å². The van der Waals surface area contributed by atoms with E-state index in [9.17, 15) is 0 Å². The molecule has 2 rings (SSSR count). The lowest BCUT2D eigenvalue weighted by Crippen LogP contribution is -2.07. The van der Waals surface area contributed by atoms with Crippen molar-refractivity contribution in [3.05, 3.63) is 42.2 Å². The fourth-order valence-corrected chi connectivity index (χ4v) is 1.63. The maximum absolute atomic E-state index is 5.30. The van der Waals surface area contributed by atoms with Gasteiger partial charge in [0.1, 0.15) is 5.75 Å². The summed E-state index contributed by atoms with van der Waals surface area (Å²) in [6, 6.07) is 9.64. The number of nitrogens with zero attached hydrogens (tertiary/aromatic N) is 2. The molecule has 2 aromatic rings. The number of ether oxygens (including phenoxy) is 1. The molecule has 0 fully saturated rings. The summed E-state index contributed by atoms with van der Waals surface area (Å²) in [4.78, 5) is 8.77. The van der Waals surface area contributed by atoms with Crippen LogP contribution in [-0.4, -0.2) is 24.1 Å². The number of para-hydroxylation sites is 1. The van der Waals surface area contributed by atoms with E-state index in [-0.39, 0.29) is 0 Å². The molecule has 0 radical (unpaired) electrons. The third kappa shape index (κ3) is 2.60. The Morgan fingerprint density at radius 3 is 2.82 bits per heavy atom. The van der Waals surface area contributed by atoms with Crippen LogP contribution in [0, 0.1) is 0 Å². The molecule has 1 aromatic carbocycles. The average Bonchev–Trinajstić information content (AvgIpc) is 2.39. The average molecular weight is 229 g/mol. The second kappa shape index (κ2) is 5.41. The summed E-state index contributed by atoms with van der Waals surface area (Å²) in [6.45, 7) is 0.727. The van der Waals surface area contributed by atoms with Crippen LogP contribution in [0.2, 0.25) is 0 Å². The van der Waals surface area contributed by atoms with Gasteiger partial charge in [0.05, 0.1) is 18.4 Å². The van der Waals surface area contributed by atoms with Crippen molar-refractivity contribution in [2.24, 2.45) is 0 Å². The van der Waals surface area contributed by atoms with Crippen molar-refractivity contribution in [1.29, 1.82) is 0 Å². The van der Waals surface area contributed by atoms with E-state index >= 15 is 0 Å². The molecule has 0 aliphatic heterocycles. The Kier molecular flexibility index (Phi) is 3.67. The molecule has 88 valence electrons. The highest BCUT2D eigenvalue weighted by atomic mass is 16.5. The molecule has 4 heteroatoms. The number of rotatable bonds is 4. The van der Waals surface area contributed by atoms with Crippen molar-refractivity contribution in [3.8, 4) is 17.1 Å². The molecule has 0 amide bonds. The molecular formula is C13H15N3O. The maximum Gasteiger partial charge on any atom is 0.163 e. The molecule has 0 bridgehead atoms. The lowest BCUT2D eigenvalue weighted by atomic mass is 10.2. The maximum atomic E-state index is 5.30. The number of aromatic nitrogens is 2. The number of hydrogen-bond acceptors (Lipinski definition) is 4. The summed E-state index contributed by atoms with van der Waals surface area (Å²) >= 11 is 0.